The van der Waals surface area contributed by atoms with Gasteiger partial charge in [0.2, 0.25) is 0 Å². The first-order valence-electron chi connectivity index (χ1n) is 11.3. The lowest BCUT2D eigenvalue weighted by Gasteiger charge is -2.30. The summed E-state index contributed by atoms with van der Waals surface area (Å²) in [4.78, 5) is 64.2. The van der Waals surface area contributed by atoms with Crippen LogP contribution in [-0.2, 0) is 19.9 Å². The molecule has 7 amide bonds. The fourth-order valence-electron chi connectivity index (χ4n) is 4.76. The average Bonchev–Trinajstić information content (AvgIpc) is 3.14. The minimum Gasteiger partial charge on any atom is -0.322 e. The van der Waals surface area contributed by atoms with Crippen LogP contribution in [0.5, 0.6) is 0 Å². The lowest BCUT2D eigenvalue weighted by molar-refractivity contribution is -0.141. The summed E-state index contributed by atoms with van der Waals surface area (Å²) in [5.41, 5.74) is 1.66. The standard InChI is InChI=1S/C23H29N5O5/c1-14(2)15-7-9-16(10-8-15)22(3)18(30)27(20(32)24-22)13-17(29)26-28-19(31)23(25-21(28)33)11-5-4-6-12-23/h7-10,14H,4-6,11-13H2,1-3H3,(H,24,32)(H,25,33)(H,26,29). The second kappa shape index (κ2) is 8.17. The molecular formula is C23H29N5O5. The summed E-state index contributed by atoms with van der Waals surface area (Å²) in [6.07, 6.45) is 3.65. The maximum atomic E-state index is 13.1. The van der Waals surface area contributed by atoms with Crippen LogP contribution in [0.3, 0.4) is 0 Å². The zero-order valence-electron chi connectivity index (χ0n) is 19.1. The minimum atomic E-state index is -1.32. The highest BCUT2D eigenvalue weighted by molar-refractivity contribution is 6.10. The number of nitrogens with one attached hydrogen (secondary N) is 3. The van der Waals surface area contributed by atoms with Crippen molar-refractivity contribution in [2.45, 2.75) is 69.9 Å². The first-order chi connectivity index (χ1) is 15.6. The van der Waals surface area contributed by atoms with E-state index in [1.165, 1.54) is 0 Å². The molecule has 3 N–H and O–H groups in total. The monoisotopic (exact) mass is 455 g/mol. The van der Waals surface area contributed by atoms with E-state index in [1.54, 1.807) is 19.1 Å². The molecule has 1 atom stereocenters. The molecule has 33 heavy (non-hydrogen) atoms. The Kier molecular flexibility index (Phi) is 5.63. The molecule has 0 radical (unpaired) electrons. The molecule has 0 aromatic heterocycles. The Hall–Kier alpha value is -3.43. The summed E-state index contributed by atoms with van der Waals surface area (Å²) in [7, 11) is 0. The second-order valence-corrected chi connectivity index (χ2v) is 9.47. The quantitative estimate of drug-likeness (QED) is 0.584. The van der Waals surface area contributed by atoms with Crippen molar-refractivity contribution in [3.8, 4) is 0 Å². The number of hydrazine groups is 1. The molecule has 1 spiro atoms. The summed E-state index contributed by atoms with van der Waals surface area (Å²) in [6.45, 7) is 5.08. The lowest BCUT2D eigenvalue weighted by atomic mass is 9.82. The fourth-order valence-corrected chi connectivity index (χ4v) is 4.76. The van der Waals surface area contributed by atoms with E-state index in [1.807, 2.05) is 12.1 Å². The molecule has 1 aromatic rings. The van der Waals surface area contributed by atoms with E-state index in [-0.39, 0.29) is 0 Å². The van der Waals surface area contributed by atoms with Gasteiger partial charge in [-0.25, -0.2) is 9.59 Å². The Morgan fingerprint density at radius 3 is 2.21 bits per heavy atom. The first-order valence-corrected chi connectivity index (χ1v) is 11.3. The third kappa shape index (κ3) is 3.83. The fraction of sp³-hybridized carbons (Fsp3) is 0.522. The molecule has 0 bridgehead atoms. The number of carbonyl (C=O) groups is 5. The van der Waals surface area contributed by atoms with Gasteiger partial charge in [-0.15, -0.1) is 0 Å². The molecule has 3 aliphatic rings. The molecule has 4 rings (SSSR count). The van der Waals surface area contributed by atoms with Crippen molar-refractivity contribution in [2.75, 3.05) is 6.54 Å². The van der Waals surface area contributed by atoms with Crippen molar-refractivity contribution in [1.82, 2.24) is 26.0 Å². The topological polar surface area (TPSA) is 128 Å². The molecule has 1 saturated carbocycles. The molecular weight excluding hydrogens is 426 g/mol. The predicted molar refractivity (Wildman–Crippen MR) is 117 cm³/mol. The van der Waals surface area contributed by atoms with E-state index in [0.717, 1.165) is 29.7 Å². The van der Waals surface area contributed by atoms with E-state index < -0.39 is 47.4 Å². The van der Waals surface area contributed by atoms with Gasteiger partial charge in [-0.2, -0.15) is 5.01 Å². The molecule has 1 aromatic carbocycles. The molecule has 3 fully saturated rings. The minimum absolute atomic E-state index is 0.319. The molecule has 1 aliphatic carbocycles. The highest BCUT2D eigenvalue weighted by Gasteiger charge is 2.53. The number of amides is 7. The van der Waals surface area contributed by atoms with Crippen molar-refractivity contribution in [3.63, 3.8) is 0 Å². The van der Waals surface area contributed by atoms with Gasteiger partial charge in [0.1, 0.15) is 17.6 Å². The maximum absolute atomic E-state index is 13.1. The van der Waals surface area contributed by atoms with Crippen LogP contribution in [0.4, 0.5) is 9.59 Å². The van der Waals surface area contributed by atoms with Gasteiger partial charge < -0.3 is 10.6 Å². The van der Waals surface area contributed by atoms with Crippen LogP contribution in [0.15, 0.2) is 24.3 Å². The summed E-state index contributed by atoms with van der Waals surface area (Å²) in [5.74, 6) is -1.58. The molecule has 176 valence electrons. The second-order valence-electron chi connectivity index (χ2n) is 9.47. The van der Waals surface area contributed by atoms with Gasteiger partial charge in [-0.3, -0.25) is 24.7 Å². The largest absolute Gasteiger partial charge is 0.344 e. The Balaban J connectivity index is 1.44. The number of hydrogen-bond acceptors (Lipinski definition) is 5. The van der Waals surface area contributed by atoms with Gasteiger partial charge in [0.25, 0.3) is 17.7 Å². The van der Waals surface area contributed by atoms with E-state index in [4.69, 9.17) is 0 Å². The van der Waals surface area contributed by atoms with E-state index in [2.05, 4.69) is 29.9 Å². The Labute approximate surface area is 192 Å². The van der Waals surface area contributed by atoms with Crippen LogP contribution < -0.4 is 16.1 Å². The summed E-state index contributed by atoms with van der Waals surface area (Å²) in [5, 5.41) is 6.01. The zero-order valence-corrected chi connectivity index (χ0v) is 19.1. The highest BCUT2D eigenvalue weighted by atomic mass is 16.2. The van der Waals surface area contributed by atoms with Crippen LogP contribution in [0.2, 0.25) is 0 Å². The normalized spacial score (nSPS) is 24.5. The SMILES string of the molecule is CC(C)c1ccc(C2(C)NC(=O)N(CC(=O)NN3C(=O)NC4(CCCCC4)C3=O)C2=O)cc1. The predicted octanol–water partition coefficient (Wildman–Crippen LogP) is 1.86. The van der Waals surface area contributed by atoms with Crippen molar-refractivity contribution in [3.05, 3.63) is 35.4 Å². The lowest BCUT2D eigenvalue weighted by Crippen LogP contribution is -2.53. The number of imide groups is 2. The Bertz CT molecular complexity index is 1010. The molecule has 2 saturated heterocycles. The molecule has 2 heterocycles. The van der Waals surface area contributed by atoms with Gasteiger partial charge in [0.05, 0.1) is 0 Å². The number of urea groups is 2. The number of carbonyl (C=O) groups excluding carboxylic acids is 5. The van der Waals surface area contributed by atoms with Gasteiger partial charge in [-0.05, 0) is 36.8 Å². The highest BCUT2D eigenvalue weighted by Crippen LogP contribution is 2.33. The molecule has 2 aliphatic heterocycles. The Morgan fingerprint density at radius 1 is 0.970 bits per heavy atom. The number of nitrogens with zero attached hydrogens (tertiary/aromatic N) is 2. The Morgan fingerprint density at radius 2 is 1.61 bits per heavy atom. The van der Waals surface area contributed by atoms with Crippen molar-refractivity contribution in [1.29, 1.82) is 0 Å². The van der Waals surface area contributed by atoms with Crippen molar-refractivity contribution < 1.29 is 24.0 Å². The molecule has 10 heteroatoms. The first kappa shape index (κ1) is 22.8. The van der Waals surface area contributed by atoms with Crippen LogP contribution >= 0.6 is 0 Å². The summed E-state index contributed by atoms with van der Waals surface area (Å²) < 4.78 is 0. The molecule has 1 unspecified atom stereocenters. The van der Waals surface area contributed by atoms with E-state index in [9.17, 15) is 24.0 Å². The van der Waals surface area contributed by atoms with Gasteiger partial charge in [0, 0.05) is 0 Å². The van der Waals surface area contributed by atoms with Crippen LogP contribution in [0, 0.1) is 0 Å². The van der Waals surface area contributed by atoms with Crippen molar-refractivity contribution in [2.24, 2.45) is 0 Å². The average molecular weight is 456 g/mol. The summed E-state index contributed by atoms with van der Waals surface area (Å²) in [6, 6.07) is 5.95. The summed E-state index contributed by atoms with van der Waals surface area (Å²) >= 11 is 0. The van der Waals surface area contributed by atoms with Crippen LogP contribution in [0.25, 0.3) is 0 Å². The van der Waals surface area contributed by atoms with E-state index >= 15 is 0 Å². The van der Waals surface area contributed by atoms with Gasteiger partial charge in [-0.1, -0.05) is 57.4 Å². The maximum Gasteiger partial charge on any atom is 0.344 e. The van der Waals surface area contributed by atoms with Gasteiger partial charge in [0.15, 0.2) is 0 Å². The number of rotatable bonds is 5. The van der Waals surface area contributed by atoms with Crippen LogP contribution in [0.1, 0.15) is 69.9 Å². The third-order valence-corrected chi connectivity index (χ3v) is 6.84. The van der Waals surface area contributed by atoms with Crippen LogP contribution in [-0.4, -0.2) is 51.8 Å². The van der Waals surface area contributed by atoms with E-state index in [0.29, 0.717) is 29.3 Å². The van der Waals surface area contributed by atoms with Crippen molar-refractivity contribution >= 4 is 29.8 Å². The molecule has 10 nitrogen and oxygen atoms in total. The number of hydrogen-bond donors (Lipinski definition) is 3. The smallest absolute Gasteiger partial charge is 0.322 e. The third-order valence-electron chi connectivity index (χ3n) is 6.84. The number of benzene rings is 1. The zero-order chi connectivity index (χ0) is 24.0. The van der Waals surface area contributed by atoms with Gasteiger partial charge >= 0.3 is 12.1 Å².